The number of hydrogen-bond acceptors (Lipinski definition) is 5. The average molecular weight is 402 g/mol. The Labute approximate surface area is 169 Å². The van der Waals surface area contributed by atoms with Crippen LogP contribution in [0.1, 0.15) is 44.6 Å². The lowest BCUT2D eigenvalue weighted by atomic mass is 9.81. The molecule has 0 aromatic heterocycles. The lowest BCUT2D eigenvalue weighted by molar-refractivity contribution is -0.137. The van der Waals surface area contributed by atoms with E-state index in [-0.39, 0.29) is 30.3 Å². The monoisotopic (exact) mass is 401 g/mol. The second-order valence-electron chi connectivity index (χ2n) is 7.98. The highest BCUT2D eigenvalue weighted by molar-refractivity contribution is 8.00. The zero-order valence-corrected chi connectivity index (χ0v) is 16.9. The van der Waals surface area contributed by atoms with Gasteiger partial charge >= 0.3 is 5.97 Å². The Kier molecular flexibility index (Phi) is 5.27. The van der Waals surface area contributed by atoms with Crippen LogP contribution in [0.5, 0.6) is 0 Å². The zero-order valence-electron chi connectivity index (χ0n) is 16.1. The Hall–Kier alpha value is -2.15. The molecule has 3 atom stereocenters. The van der Waals surface area contributed by atoms with E-state index >= 15 is 0 Å². The molecule has 1 aromatic rings. The summed E-state index contributed by atoms with van der Waals surface area (Å²) in [5.74, 6) is -1.35. The molecule has 6 nitrogen and oxygen atoms in total. The van der Waals surface area contributed by atoms with E-state index in [1.165, 1.54) is 17.7 Å². The van der Waals surface area contributed by atoms with Crippen molar-refractivity contribution >= 4 is 35.0 Å². The maximum Gasteiger partial charge on any atom is 0.303 e. The number of nitrogens with two attached hydrogens (primary N) is 1. The smallest absolute Gasteiger partial charge is 0.303 e. The number of nitrogens with zero attached hydrogens (tertiary/aromatic N) is 1. The summed E-state index contributed by atoms with van der Waals surface area (Å²) in [6.45, 7) is 2.75. The van der Waals surface area contributed by atoms with E-state index in [0.717, 1.165) is 28.7 Å². The van der Waals surface area contributed by atoms with E-state index in [1.807, 2.05) is 18.7 Å². The van der Waals surface area contributed by atoms with E-state index in [2.05, 4.69) is 34.5 Å². The van der Waals surface area contributed by atoms with Crippen molar-refractivity contribution < 1.29 is 14.7 Å². The fraction of sp³-hybridized carbons (Fsp3) is 0.524. The molecule has 2 heterocycles. The van der Waals surface area contributed by atoms with Crippen molar-refractivity contribution in [1.82, 2.24) is 4.90 Å². The minimum absolute atomic E-state index is 0.117. The van der Waals surface area contributed by atoms with Gasteiger partial charge in [0.2, 0.25) is 5.91 Å². The molecule has 4 N–H and O–H groups in total. The first kappa shape index (κ1) is 19.2. The van der Waals surface area contributed by atoms with Crippen LogP contribution in [0.3, 0.4) is 0 Å². The highest BCUT2D eigenvalue weighted by Gasteiger charge is 2.43. The number of carbonyl (C=O) groups is 2. The second kappa shape index (κ2) is 7.70. The summed E-state index contributed by atoms with van der Waals surface area (Å²) in [6.07, 6.45) is 5.79. The van der Waals surface area contributed by atoms with E-state index in [1.54, 1.807) is 0 Å². The van der Waals surface area contributed by atoms with Crippen molar-refractivity contribution in [2.24, 2.45) is 17.6 Å². The van der Waals surface area contributed by atoms with Crippen LogP contribution < -0.4 is 11.1 Å². The Morgan fingerprint density at radius 2 is 2.18 bits per heavy atom. The van der Waals surface area contributed by atoms with Crippen LogP contribution >= 0.6 is 11.8 Å². The van der Waals surface area contributed by atoms with Gasteiger partial charge in [0.15, 0.2) is 0 Å². The molecule has 3 aliphatic rings. The molecule has 1 aromatic carbocycles. The summed E-state index contributed by atoms with van der Waals surface area (Å²) in [7, 11) is 0. The molecule has 1 saturated heterocycles. The molecule has 28 heavy (non-hydrogen) atoms. The predicted molar refractivity (Wildman–Crippen MR) is 111 cm³/mol. The van der Waals surface area contributed by atoms with Crippen molar-refractivity contribution in [2.75, 3.05) is 11.9 Å². The summed E-state index contributed by atoms with van der Waals surface area (Å²) < 4.78 is 0. The third-order valence-corrected chi connectivity index (χ3v) is 7.20. The first-order valence-corrected chi connectivity index (χ1v) is 10.9. The third-order valence-electron chi connectivity index (χ3n) is 5.87. The minimum Gasteiger partial charge on any atom is -0.481 e. The number of carboxylic acid groups (broad SMARTS) is 1. The van der Waals surface area contributed by atoms with Gasteiger partial charge in [0, 0.05) is 40.1 Å². The molecule has 1 amide bonds. The van der Waals surface area contributed by atoms with Crippen molar-refractivity contribution in [3.63, 3.8) is 0 Å². The minimum atomic E-state index is -0.798. The lowest BCUT2D eigenvalue weighted by Crippen LogP contribution is -2.57. The van der Waals surface area contributed by atoms with Crippen LogP contribution in [0.2, 0.25) is 0 Å². The van der Waals surface area contributed by atoms with Crippen LogP contribution in [-0.4, -0.2) is 39.8 Å². The van der Waals surface area contributed by atoms with Gasteiger partial charge in [0.1, 0.15) is 6.17 Å². The Balaban J connectivity index is 1.64. The molecule has 7 heteroatoms. The van der Waals surface area contributed by atoms with Gasteiger partial charge in [-0.05, 0) is 56.7 Å². The lowest BCUT2D eigenvalue weighted by Gasteiger charge is -2.49. The fourth-order valence-electron chi connectivity index (χ4n) is 4.35. The molecular formula is C21H27N3O3S. The molecule has 1 saturated carbocycles. The number of carboxylic acids is 1. The van der Waals surface area contributed by atoms with Gasteiger partial charge in [-0.2, -0.15) is 0 Å². The number of aliphatic carboxylic acids is 1. The largest absolute Gasteiger partial charge is 0.481 e. The molecule has 4 rings (SSSR count). The van der Waals surface area contributed by atoms with E-state index in [9.17, 15) is 9.59 Å². The molecule has 2 fully saturated rings. The maximum absolute atomic E-state index is 12.2. The highest BCUT2D eigenvalue weighted by atomic mass is 32.2. The molecule has 2 aliphatic heterocycles. The van der Waals surface area contributed by atoms with Crippen molar-refractivity contribution in [2.45, 2.75) is 55.3 Å². The molecule has 3 unspecified atom stereocenters. The molecule has 150 valence electrons. The standard InChI is InChI=1S/C21H27N3O3S/c1-2-18-15-10-14(28-13-4-5-13)6-7-17(15)23-21-16(20(22)27)9-12(11-24(18)21)3-8-19(25)26/h2,6-7,10,12-13,16,21,23H,3-5,8-9,11H2,1H3,(H2,22,27)(H,25,26)/b18-2+. The van der Waals surface area contributed by atoms with Crippen molar-refractivity contribution in [1.29, 1.82) is 0 Å². The molecular weight excluding hydrogens is 374 g/mol. The maximum atomic E-state index is 12.2. The van der Waals surface area contributed by atoms with Crippen LogP contribution in [0.25, 0.3) is 5.70 Å². The number of thioether (sulfide) groups is 1. The van der Waals surface area contributed by atoms with Gasteiger partial charge in [-0.1, -0.05) is 6.08 Å². The quantitative estimate of drug-likeness (QED) is 0.677. The summed E-state index contributed by atoms with van der Waals surface area (Å²) >= 11 is 1.93. The number of primary amides is 1. The topological polar surface area (TPSA) is 95.7 Å². The highest BCUT2D eigenvalue weighted by Crippen LogP contribution is 2.45. The summed E-state index contributed by atoms with van der Waals surface area (Å²) in [5, 5.41) is 13.3. The SMILES string of the molecule is C/C=C1\c2cc(SC3CC3)ccc2NC2C(C(N)=O)CC(CCC(=O)O)CN12. The van der Waals surface area contributed by atoms with Gasteiger partial charge in [0.05, 0.1) is 5.92 Å². The number of amides is 1. The summed E-state index contributed by atoms with van der Waals surface area (Å²) in [6, 6.07) is 6.49. The van der Waals surface area contributed by atoms with E-state index < -0.39 is 5.97 Å². The molecule has 1 aliphatic carbocycles. The number of benzene rings is 1. The number of hydrogen-bond donors (Lipinski definition) is 3. The van der Waals surface area contributed by atoms with Crippen molar-refractivity contribution in [3.05, 3.63) is 29.8 Å². The van der Waals surface area contributed by atoms with Crippen LogP contribution in [-0.2, 0) is 9.59 Å². The van der Waals surface area contributed by atoms with Gasteiger partial charge < -0.3 is 21.1 Å². The van der Waals surface area contributed by atoms with Gasteiger partial charge in [-0.3, -0.25) is 9.59 Å². The van der Waals surface area contributed by atoms with Crippen LogP contribution in [0.4, 0.5) is 5.69 Å². The Bertz CT molecular complexity index is 821. The fourth-order valence-corrected chi connectivity index (χ4v) is 5.44. The summed E-state index contributed by atoms with van der Waals surface area (Å²) in [5.41, 5.74) is 9.02. The number of piperidine rings is 1. The number of allylic oxidation sites excluding steroid dienone is 1. The summed E-state index contributed by atoms with van der Waals surface area (Å²) in [4.78, 5) is 26.7. The van der Waals surface area contributed by atoms with E-state index in [0.29, 0.717) is 12.8 Å². The van der Waals surface area contributed by atoms with Crippen LogP contribution in [0, 0.1) is 11.8 Å². The number of nitrogens with one attached hydrogen (secondary N) is 1. The molecule has 0 spiro atoms. The number of anilines is 1. The average Bonchev–Trinajstić information content (AvgIpc) is 3.47. The number of rotatable bonds is 6. The second-order valence-corrected chi connectivity index (χ2v) is 9.36. The predicted octanol–water partition coefficient (Wildman–Crippen LogP) is 3.34. The van der Waals surface area contributed by atoms with Gasteiger partial charge in [-0.15, -0.1) is 11.8 Å². The first-order valence-electron chi connectivity index (χ1n) is 9.98. The van der Waals surface area contributed by atoms with Crippen molar-refractivity contribution in [3.8, 4) is 0 Å². The van der Waals surface area contributed by atoms with Crippen LogP contribution in [0.15, 0.2) is 29.2 Å². The van der Waals surface area contributed by atoms with Gasteiger partial charge in [0.25, 0.3) is 0 Å². The third kappa shape index (κ3) is 3.85. The number of carbonyl (C=O) groups excluding carboxylic acids is 1. The number of fused-ring (bicyclic) bond motifs is 2. The Morgan fingerprint density at radius 3 is 2.82 bits per heavy atom. The first-order chi connectivity index (χ1) is 13.5. The zero-order chi connectivity index (χ0) is 19.8. The van der Waals surface area contributed by atoms with E-state index in [4.69, 9.17) is 10.8 Å². The molecule has 0 radical (unpaired) electrons. The normalized spacial score (nSPS) is 27.7. The molecule has 0 bridgehead atoms. The Morgan fingerprint density at radius 1 is 1.39 bits per heavy atom. The van der Waals surface area contributed by atoms with Gasteiger partial charge in [-0.25, -0.2) is 0 Å².